The summed E-state index contributed by atoms with van der Waals surface area (Å²) < 4.78 is 0. The van der Waals surface area contributed by atoms with E-state index in [9.17, 15) is 0 Å². The van der Waals surface area contributed by atoms with Gasteiger partial charge >= 0.3 is 0 Å². The minimum absolute atomic E-state index is 0.739. The molecule has 208 valence electrons. The molecule has 0 bridgehead atoms. The largest absolute Gasteiger partial charge is 0.350 e. The number of hydrogen-bond acceptors (Lipinski definition) is 4. The molecule has 2 rings (SSSR count). The lowest BCUT2D eigenvalue weighted by atomic mass is 10.1. The van der Waals surface area contributed by atoms with E-state index in [0.717, 1.165) is 69.8 Å². The van der Waals surface area contributed by atoms with E-state index >= 15 is 0 Å². The van der Waals surface area contributed by atoms with E-state index in [4.69, 9.17) is 0 Å². The van der Waals surface area contributed by atoms with Crippen LogP contribution in [0.5, 0.6) is 0 Å². The molecule has 0 unspecified atom stereocenters. The van der Waals surface area contributed by atoms with Crippen LogP contribution in [0, 0.1) is 0 Å². The molecule has 0 aliphatic carbocycles. The van der Waals surface area contributed by atoms with Crippen molar-refractivity contribution in [3.05, 3.63) is 90.8 Å². The fraction of sp³-hybridized carbons (Fsp3) is 0.438. The maximum absolute atomic E-state index is 4.64. The SMILES string of the molecule is C=CN(CCCc1ccc(SC)cc1)C(CN(CCCCc1ccccc1)CC(=C)NC=NC)=NC.CC. The number of unbranched alkanes of at least 4 members (excludes halogenated alkanes) is 1. The molecule has 0 saturated heterocycles. The van der Waals surface area contributed by atoms with Crippen molar-refractivity contribution in [1.82, 2.24) is 15.1 Å². The zero-order valence-electron chi connectivity index (χ0n) is 24.3. The van der Waals surface area contributed by atoms with Crippen molar-refractivity contribution >= 4 is 23.9 Å². The number of benzene rings is 2. The Balaban J connectivity index is 0.00000352. The predicted molar refractivity (Wildman–Crippen MR) is 171 cm³/mol. The molecule has 2 aromatic carbocycles. The average molecular weight is 536 g/mol. The Morgan fingerprint density at radius 2 is 1.55 bits per heavy atom. The Morgan fingerprint density at radius 1 is 0.895 bits per heavy atom. The van der Waals surface area contributed by atoms with Crippen molar-refractivity contribution in [3.63, 3.8) is 0 Å². The van der Waals surface area contributed by atoms with E-state index in [1.807, 2.05) is 27.1 Å². The molecule has 0 aromatic heterocycles. The van der Waals surface area contributed by atoms with Gasteiger partial charge in [0.1, 0.15) is 5.84 Å². The van der Waals surface area contributed by atoms with Crippen molar-refractivity contribution in [2.75, 3.05) is 46.5 Å². The summed E-state index contributed by atoms with van der Waals surface area (Å²) in [7, 11) is 3.62. The summed E-state index contributed by atoms with van der Waals surface area (Å²) in [5.74, 6) is 1.03. The van der Waals surface area contributed by atoms with E-state index in [2.05, 4.69) is 99.1 Å². The van der Waals surface area contributed by atoms with Gasteiger partial charge in [0.05, 0.1) is 12.9 Å². The van der Waals surface area contributed by atoms with E-state index in [1.54, 1.807) is 25.1 Å². The number of nitrogens with zero attached hydrogens (tertiary/aromatic N) is 4. The standard InChI is InChI=1S/C30H43N5S.C2H6/c1-6-35(22-12-16-28-17-19-29(36-5)20-18-28)30(32-4)24-34(23-26(2)33-25-31-3)21-11-10-15-27-13-8-7-9-14-27;1-2/h6-9,13-14,17-20,25H,1-2,10-12,15-16,21-24H2,3-5H3,(H,31,33);1-2H3. The van der Waals surface area contributed by atoms with Crippen LogP contribution >= 0.6 is 11.8 Å². The van der Waals surface area contributed by atoms with Crippen molar-refractivity contribution in [2.24, 2.45) is 9.98 Å². The highest BCUT2D eigenvalue weighted by molar-refractivity contribution is 7.98. The van der Waals surface area contributed by atoms with Gasteiger partial charge in [-0.05, 0) is 74.4 Å². The Hall–Kier alpha value is -2.83. The van der Waals surface area contributed by atoms with Crippen molar-refractivity contribution in [3.8, 4) is 0 Å². The topological polar surface area (TPSA) is 43.2 Å². The molecule has 0 radical (unpaired) electrons. The summed E-state index contributed by atoms with van der Waals surface area (Å²) in [4.78, 5) is 14.6. The molecular formula is C32H49N5S. The quantitative estimate of drug-likeness (QED) is 0.103. The lowest BCUT2D eigenvalue weighted by molar-refractivity contribution is 0.315. The molecule has 38 heavy (non-hydrogen) atoms. The van der Waals surface area contributed by atoms with Crippen LogP contribution < -0.4 is 5.32 Å². The lowest BCUT2D eigenvalue weighted by Crippen LogP contribution is -2.41. The predicted octanol–water partition coefficient (Wildman–Crippen LogP) is 6.93. The molecule has 0 spiro atoms. The van der Waals surface area contributed by atoms with Crippen molar-refractivity contribution in [1.29, 1.82) is 0 Å². The summed E-state index contributed by atoms with van der Waals surface area (Å²) in [5, 5.41) is 3.17. The third-order valence-corrected chi connectivity index (χ3v) is 6.79. The molecule has 2 aromatic rings. The first-order valence-electron chi connectivity index (χ1n) is 13.7. The zero-order chi connectivity index (χ0) is 28.0. The number of rotatable bonds is 17. The van der Waals surface area contributed by atoms with Crippen LogP contribution in [0.1, 0.15) is 44.2 Å². The molecule has 0 aliphatic heterocycles. The minimum atomic E-state index is 0.739. The van der Waals surface area contributed by atoms with Gasteiger partial charge in [0.15, 0.2) is 0 Å². The Morgan fingerprint density at radius 3 is 2.16 bits per heavy atom. The minimum Gasteiger partial charge on any atom is -0.350 e. The van der Waals surface area contributed by atoms with Crippen LogP contribution in [0.2, 0.25) is 0 Å². The van der Waals surface area contributed by atoms with Crippen LogP contribution in [0.15, 0.2) is 94.5 Å². The third-order valence-electron chi connectivity index (χ3n) is 6.04. The maximum Gasteiger partial charge on any atom is 0.117 e. The number of aryl methyl sites for hydroxylation is 2. The second-order valence-corrected chi connectivity index (χ2v) is 9.64. The Labute approximate surface area is 236 Å². The molecule has 0 aliphatic rings. The first kappa shape index (κ1) is 33.2. The summed E-state index contributed by atoms with van der Waals surface area (Å²) in [5.41, 5.74) is 3.69. The van der Waals surface area contributed by atoms with Gasteiger partial charge in [0.2, 0.25) is 0 Å². The lowest BCUT2D eigenvalue weighted by Gasteiger charge is -2.29. The van der Waals surface area contributed by atoms with E-state index in [-0.39, 0.29) is 0 Å². The molecule has 0 saturated carbocycles. The fourth-order valence-corrected chi connectivity index (χ4v) is 4.46. The van der Waals surface area contributed by atoms with Gasteiger partial charge in [0, 0.05) is 37.8 Å². The molecule has 0 heterocycles. The second kappa shape index (κ2) is 21.1. The highest BCUT2D eigenvalue weighted by Crippen LogP contribution is 2.16. The fourth-order valence-electron chi connectivity index (χ4n) is 4.06. The molecule has 0 amide bonds. The van der Waals surface area contributed by atoms with E-state index < -0.39 is 0 Å². The average Bonchev–Trinajstić information content (AvgIpc) is 2.97. The van der Waals surface area contributed by atoms with E-state index in [1.165, 1.54) is 16.0 Å². The number of hydrogen-bond donors (Lipinski definition) is 1. The molecular weight excluding hydrogens is 486 g/mol. The molecule has 6 heteroatoms. The Bertz CT molecular complexity index is 954. The number of nitrogens with one attached hydrogen (secondary N) is 1. The zero-order valence-corrected chi connectivity index (χ0v) is 25.1. The van der Waals surface area contributed by atoms with Gasteiger partial charge in [-0.3, -0.25) is 14.9 Å². The highest BCUT2D eigenvalue weighted by atomic mass is 32.2. The van der Waals surface area contributed by atoms with Gasteiger partial charge in [-0.25, -0.2) is 0 Å². The van der Waals surface area contributed by atoms with Gasteiger partial charge in [-0.1, -0.05) is 69.5 Å². The number of amidine groups is 1. The van der Waals surface area contributed by atoms with Crippen LogP contribution in [0.4, 0.5) is 0 Å². The van der Waals surface area contributed by atoms with Crippen molar-refractivity contribution < 1.29 is 0 Å². The van der Waals surface area contributed by atoms with Gasteiger partial charge in [-0.2, -0.15) is 0 Å². The first-order valence-corrected chi connectivity index (χ1v) is 14.9. The van der Waals surface area contributed by atoms with Gasteiger partial charge in [-0.15, -0.1) is 11.8 Å². The van der Waals surface area contributed by atoms with E-state index in [0.29, 0.717) is 0 Å². The van der Waals surface area contributed by atoms with Crippen LogP contribution in [-0.4, -0.2) is 68.5 Å². The van der Waals surface area contributed by atoms with Crippen LogP contribution in [0.3, 0.4) is 0 Å². The van der Waals surface area contributed by atoms with Gasteiger partial charge < -0.3 is 10.2 Å². The highest BCUT2D eigenvalue weighted by Gasteiger charge is 2.14. The summed E-state index contributed by atoms with van der Waals surface area (Å²) in [6, 6.07) is 19.6. The first-order chi connectivity index (χ1) is 18.6. The van der Waals surface area contributed by atoms with Crippen LogP contribution in [0.25, 0.3) is 0 Å². The second-order valence-electron chi connectivity index (χ2n) is 8.76. The van der Waals surface area contributed by atoms with Gasteiger partial charge in [0.25, 0.3) is 0 Å². The normalized spacial score (nSPS) is 11.3. The molecule has 1 N–H and O–H groups in total. The molecule has 0 atom stereocenters. The molecule has 5 nitrogen and oxygen atoms in total. The number of aliphatic imine (C=N–C) groups is 2. The third kappa shape index (κ3) is 13.6. The van der Waals surface area contributed by atoms with Crippen molar-refractivity contribution in [2.45, 2.75) is 50.8 Å². The monoisotopic (exact) mass is 535 g/mol. The maximum atomic E-state index is 4.64. The number of thioether (sulfide) groups is 1. The summed E-state index contributed by atoms with van der Waals surface area (Å²) in [6.45, 7) is 15.6. The summed E-state index contributed by atoms with van der Waals surface area (Å²) in [6.07, 6.45) is 11.1. The Kier molecular flexibility index (Phi) is 18.5. The molecule has 0 fully saturated rings. The smallest absolute Gasteiger partial charge is 0.117 e. The van der Waals surface area contributed by atoms with Crippen LogP contribution in [-0.2, 0) is 12.8 Å². The summed E-state index contributed by atoms with van der Waals surface area (Å²) >= 11 is 1.78.